The first-order valence-electron chi connectivity index (χ1n) is 8.42. The van der Waals surface area contributed by atoms with Crippen molar-refractivity contribution in [2.75, 3.05) is 13.2 Å². The highest BCUT2D eigenvalue weighted by Crippen LogP contribution is 2.35. The monoisotopic (exact) mass is 415 g/mol. The lowest BCUT2D eigenvalue weighted by Gasteiger charge is -2.11. The summed E-state index contributed by atoms with van der Waals surface area (Å²) in [5, 5.41) is 0. The number of amides is 1. The SMILES string of the molecule is C=CCN1C(=O)/C(=C/c2ccc(OC(=O)c3ccco3)c(OCC)c2)SC1=S. The lowest BCUT2D eigenvalue weighted by atomic mass is 10.2. The number of carbonyl (C=O) groups is 2. The van der Waals surface area contributed by atoms with E-state index in [0.29, 0.717) is 28.1 Å². The molecule has 1 aliphatic heterocycles. The maximum Gasteiger partial charge on any atom is 0.379 e. The molecule has 3 rings (SSSR count). The normalized spacial score (nSPS) is 15.2. The minimum absolute atomic E-state index is 0.0948. The summed E-state index contributed by atoms with van der Waals surface area (Å²) in [5.74, 6) is -0.0417. The number of hydrogen-bond acceptors (Lipinski definition) is 7. The van der Waals surface area contributed by atoms with E-state index in [0.717, 1.165) is 5.56 Å². The van der Waals surface area contributed by atoms with Crippen molar-refractivity contribution in [1.29, 1.82) is 0 Å². The van der Waals surface area contributed by atoms with Crippen LogP contribution in [0, 0.1) is 0 Å². The molecule has 0 spiro atoms. The van der Waals surface area contributed by atoms with Crippen LogP contribution in [0.1, 0.15) is 23.0 Å². The predicted octanol–water partition coefficient (Wildman–Crippen LogP) is 4.28. The number of thiocarbonyl (C=S) groups is 1. The van der Waals surface area contributed by atoms with Gasteiger partial charge in [0.25, 0.3) is 5.91 Å². The molecule has 1 aromatic heterocycles. The molecule has 0 atom stereocenters. The van der Waals surface area contributed by atoms with Crippen LogP contribution in [-0.4, -0.2) is 34.2 Å². The van der Waals surface area contributed by atoms with Crippen LogP contribution in [0.5, 0.6) is 11.5 Å². The van der Waals surface area contributed by atoms with Gasteiger partial charge in [-0.25, -0.2) is 4.79 Å². The van der Waals surface area contributed by atoms with Crippen LogP contribution in [0.15, 0.2) is 58.6 Å². The van der Waals surface area contributed by atoms with Crippen molar-refractivity contribution >= 4 is 46.3 Å². The highest BCUT2D eigenvalue weighted by molar-refractivity contribution is 8.26. The van der Waals surface area contributed by atoms with Crippen molar-refractivity contribution in [3.63, 3.8) is 0 Å². The van der Waals surface area contributed by atoms with Crippen molar-refractivity contribution < 1.29 is 23.5 Å². The summed E-state index contributed by atoms with van der Waals surface area (Å²) in [6.07, 6.45) is 4.75. The first kappa shape index (κ1) is 19.9. The third-order valence-electron chi connectivity index (χ3n) is 3.68. The number of hydrogen-bond donors (Lipinski definition) is 0. The zero-order valence-electron chi connectivity index (χ0n) is 15.0. The zero-order chi connectivity index (χ0) is 20.1. The van der Waals surface area contributed by atoms with Gasteiger partial charge in [0.1, 0.15) is 4.32 Å². The molecule has 0 saturated carbocycles. The molecule has 28 heavy (non-hydrogen) atoms. The van der Waals surface area contributed by atoms with Gasteiger partial charge in [-0.2, -0.15) is 0 Å². The molecule has 1 amide bonds. The summed E-state index contributed by atoms with van der Waals surface area (Å²) in [5.41, 5.74) is 0.723. The van der Waals surface area contributed by atoms with E-state index in [-0.39, 0.29) is 17.4 Å². The molecule has 0 N–H and O–H groups in total. The Hall–Kier alpha value is -2.84. The number of benzene rings is 1. The van der Waals surface area contributed by atoms with Gasteiger partial charge in [0.2, 0.25) is 5.76 Å². The first-order chi connectivity index (χ1) is 13.5. The topological polar surface area (TPSA) is 69.0 Å². The number of thioether (sulfide) groups is 1. The zero-order valence-corrected chi connectivity index (χ0v) is 16.7. The predicted molar refractivity (Wildman–Crippen MR) is 111 cm³/mol. The van der Waals surface area contributed by atoms with E-state index in [1.54, 1.807) is 36.4 Å². The summed E-state index contributed by atoms with van der Waals surface area (Å²) < 4.78 is 16.5. The van der Waals surface area contributed by atoms with Crippen molar-refractivity contribution in [3.05, 3.63) is 65.5 Å². The molecular formula is C20H17NO5S2. The number of nitrogens with zero attached hydrogens (tertiary/aromatic N) is 1. The molecule has 1 fully saturated rings. The highest BCUT2D eigenvalue weighted by atomic mass is 32.2. The minimum Gasteiger partial charge on any atom is -0.490 e. The van der Waals surface area contributed by atoms with Gasteiger partial charge in [0.05, 0.1) is 17.8 Å². The van der Waals surface area contributed by atoms with E-state index >= 15 is 0 Å². The maximum absolute atomic E-state index is 12.5. The van der Waals surface area contributed by atoms with E-state index < -0.39 is 5.97 Å². The van der Waals surface area contributed by atoms with Crippen LogP contribution in [0.25, 0.3) is 6.08 Å². The minimum atomic E-state index is -0.621. The van der Waals surface area contributed by atoms with Crippen LogP contribution in [0.3, 0.4) is 0 Å². The summed E-state index contributed by atoms with van der Waals surface area (Å²) in [7, 11) is 0. The van der Waals surface area contributed by atoms with Gasteiger partial charge in [0.15, 0.2) is 11.5 Å². The van der Waals surface area contributed by atoms with Gasteiger partial charge in [-0.15, -0.1) is 6.58 Å². The molecule has 0 aliphatic carbocycles. The van der Waals surface area contributed by atoms with Crippen molar-refractivity contribution in [1.82, 2.24) is 4.90 Å². The molecular weight excluding hydrogens is 398 g/mol. The number of esters is 1. The van der Waals surface area contributed by atoms with E-state index in [9.17, 15) is 9.59 Å². The first-order valence-corrected chi connectivity index (χ1v) is 9.64. The summed E-state index contributed by atoms with van der Waals surface area (Å²) >= 11 is 6.47. The van der Waals surface area contributed by atoms with Gasteiger partial charge >= 0.3 is 5.97 Å². The Bertz CT molecular complexity index is 950. The van der Waals surface area contributed by atoms with Crippen molar-refractivity contribution in [2.24, 2.45) is 0 Å². The fourth-order valence-electron chi connectivity index (χ4n) is 2.45. The Morgan fingerprint density at radius 2 is 2.18 bits per heavy atom. The smallest absolute Gasteiger partial charge is 0.379 e. The number of rotatable bonds is 7. The van der Waals surface area contributed by atoms with Crippen molar-refractivity contribution in [3.8, 4) is 11.5 Å². The largest absolute Gasteiger partial charge is 0.490 e. The Kier molecular flexibility index (Phi) is 6.33. The lowest BCUT2D eigenvalue weighted by Crippen LogP contribution is -2.27. The molecule has 2 heterocycles. The average molecular weight is 415 g/mol. The highest BCUT2D eigenvalue weighted by Gasteiger charge is 2.31. The summed E-state index contributed by atoms with van der Waals surface area (Å²) in [6, 6.07) is 8.16. The standard InChI is InChI=1S/C20H17NO5S2/c1-3-9-21-18(22)17(28-20(21)27)12-13-7-8-14(16(11-13)24-4-2)26-19(23)15-6-5-10-25-15/h3,5-8,10-12H,1,4,9H2,2H3/b17-12-. The maximum atomic E-state index is 12.5. The number of carbonyl (C=O) groups excluding carboxylic acids is 2. The van der Waals surface area contributed by atoms with E-state index in [1.165, 1.54) is 29.0 Å². The fraction of sp³-hybridized carbons (Fsp3) is 0.150. The molecule has 8 heteroatoms. The molecule has 6 nitrogen and oxygen atoms in total. The second-order valence-corrected chi connectivity index (χ2v) is 7.26. The van der Waals surface area contributed by atoms with Gasteiger partial charge in [0, 0.05) is 6.54 Å². The van der Waals surface area contributed by atoms with Crippen molar-refractivity contribution in [2.45, 2.75) is 6.92 Å². The molecule has 1 aliphatic rings. The molecule has 0 bridgehead atoms. The summed E-state index contributed by atoms with van der Waals surface area (Å²) in [4.78, 5) is 26.6. The van der Waals surface area contributed by atoms with Crippen LogP contribution in [0.4, 0.5) is 0 Å². The van der Waals surface area contributed by atoms with E-state index in [4.69, 9.17) is 26.1 Å². The average Bonchev–Trinajstić information content (AvgIpc) is 3.29. The Labute approximate surface area is 171 Å². The van der Waals surface area contributed by atoms with Crippen LogP contribution in [0.2, 0.25) is 0 Å². The van der Waals surface area contributed by atoms with Gasteiger partial charge < -0.3 is 13.9 Å². The third-order valence-corrected chi connectivity index (χ3v) is 5.05. The molecule has 1 saturated heterocycles. The molecule has 2 aromatic rings. The number of ether oxygens (including phenoxy) is 2. The van der Waals surface area contributed by atoms with E-state index in [1.807, 2.05) is 6.92 Å². The second kappa shape index (κ2) is 8.90. The van der Waals surface area contributed by atoms with E-state index in [2.05, 4.69) is 6.58 Å². The Morgan fingerprint density at radius 3 is 2.86 bits per heavy atom. The van der Waals surface area contributed by atoms with Crippen LogP contribution >= 0.6 is 24.0 Å². The van der Waals surface area contributed by atoms with Gasteiger partial charge in [-0.3, -0.25) is 9.69 Å². The molecule has 1 aromatic carbocycles. The third kappa shape index (κ3) is 4.35. The molecule has 0 unspecified atom stereocenters. The molecule has 0 radical (unpaired) electrons. The number of furan rings is 1. The van der Waals surface area contributed by atoms with Crippen LogP contribution < -0.4 is 9.47 Å². The van der Waals surface area contributed by atoms with Crippen LogP contribution in [-0.2, 0) is 4.79 Å². The summed E-state index contributed by atoms with van der Waals surface area (Å²) in [6.45, 7) is 6.22. The Morgan fingerprint density at radius 1 is 1.36 bits per heavy atom. The lowest BCUT2D eigenvalue weighted by molar-refractivity contribution is -0.121. The van der Waals surface area contributed by atoms with Gasteiger partial charge in [-0.05, 0) is 42.8 Å². The molecule has 144 valence electrons. The second-order valence-electron chi connectivity index (χ2n) is 5.59. The quantitative estimate of drug-likeness (QED) is 0.220. The Balaban J connectivity index is 1.84. The fourth-order valence-corrected chi connectivity index (χ4v) is 3.72. The van der Waals surface area contributed by atoms with Gasteiger partial charge in [-0.1, -0.05) is 36.1 Å².